The molecule has 180 valence electrons. The van der Waals surface area contributed by atoms with Crippen LogP contribution in [0, 0.1) is 0 Å². The van der Waals surface area contributed by atoms with E-state index in [-0.39, 0.29) is 13.0 Å². The molecule has 0 aliphatic rings. The molecule has 0 radical (unpaired) electrons. The van der Waals surface area contributed by atoms with Crippen LogP contribution in [-0.4, -0.2) is 40.6 Å². The largest absolute Gasteiger partial charge is 0.459 e. The lowest BCUT2D eigenvalue weighted by atomic mass is 10.0. The van der Waals surface area contributed by atoms with Crippen molar-refractivity contribution in [1.82, 2.24) is 15.6 Å². The third-order valence-electron chi connectivity index (χ3n) is 5.02. The average molecular weight is 466 g/mol. The SMILES string of the molecule is C[C@H](NC(=O)N[C@@H](Cc1c[nH]c2ccccc12)C(=O)OC(C)(C)C)C(=O)OCc1ccccc1. The smallest absolute Gasteiger partial charge is 0.329 e. The molecule has 8 nitrogen and oxygen atoms in total. The number of hydrogen-bond acceptors (Lipinski definition) is 5. The number of hydrogen-bond donors (Lipinski definition) is 3. The first-order valence-electron chi connectivity index (χ1n) is 11.2. The molecule has 1 aromatic heterocycles. The van der Waals surface area contributed by atoms with Gasteiger partial charge in [-0.2, -0.15) is 0 Å². The normalized spacial score (nSPS) is 13.1. The first kappa shape index (κ1) is 24.8. The van der Waals surface area contributed by atoms with Crippen molar-refractivity contribution >= 4 is 28.9 Å². The molecular weight excluding hydrogens is 434 g/mol. The van der Waals surface area contributed by atoms with Crippen LogP contribution in [0.5, 0.6) is 0 Å². The van der Waals surface area contributed by atoms with Gasteiger partial charge in [0.1, 0.15) is 24.3 Å². The standard InChI is InChI=1S/C26H31N3O5/c1-17(23(30)33-16-18-10-6-5-7-11-18)28-25(32)29-22(24(31)34-26(2,3)4)14-19-15-27-21-13-9-8-12-20(19)21/h5-13,15,17,22,27H,14,16H2,1-4H3,(H2,28,29,32)/t17-,22-/m0/s1. The van der Waals surface area contributed by atoms with Crippen LogP contribution in [0.25, 0.3) is 10.9 Å². The lowest BCUT2D eigenvalue weighted by molar-refractivity contribution is -0.157. The molecule has 34 heavy (non-hydrogen) atoms. The van der Waals surface area contributed by atoms with Gasteiger partial charge in [0, 0.05) is 23.5 Å². The molecule has 0 spiro atoms. The van der Waals surface area contributed by atoms with Gasteiger partial charge < -0.3 is 25.1 Å². The fourth-order valence-electron chi connectivity index (χ4n) is 3.40. The van der Waals surface area contributed by atoms with E-state index < -0.39 is 35.7 Å². The zero-order valence-electron chi connectivity index (χ0n) is 19.9. The number of carbonyl (C=O) groups is 3. The summed E-state index contributed by atoms with van der Waals surface area (Å²) in [7, 11) is 0. The lowest BCUT2D eigenvalue weighted by Crippen LogP contribution is -2.52. The molecule has 0 saturated carbocycles. The Morgan fingerprint density at radius 2 is 1.62 bits per heavy atom. The number of benzene rings is 2. The Morgan fingerprint density at radius 1 is 0.941 bits per heavy atom. The molecule has 8 heteroatoms. The molecule has 0 aliphatic carbocycles. The Morgan fingerprint density at radius 3 is 2.32 bits per heavy atom. The summed E-state index contributed by atoms with van der Waals surface area (Å²) >= 11 is 0. The van der Waals surface area contributed by atoms with Crippen LogP contribution in [0.15, 0.2) is 60.8 Å². The summed E-state index contributed by atoms with van der Waals surface area (Å²) in [6.07, 6.45) is 2.03. The first-order valence-corrected chi connectivity index (χ1v) is 11.2. The first-order chi connectivity index (χ1) is 16.1. The molecule has 0 aliphatic heterocycles. The van der Waals surface area contributed by atoms with Crippen molar-refractivity contribution in [3.8, 4) is 0 Å². The van der Waals surface area contributed by atoms with Crippen LogP contribution in [-0.2, 0) is 32.1 Å². The van der Waals surface area contributed by atoms with E-state index in [0.717, 1.165) is 22.0 Å². The van der Waals surface area contributed by atoms with Crippen LogP contribution in [0.4, 0.5) is 4.79 Å². The molecular formula is C26H31N3O5. The van der Waals surface area contributed by atoms with Crippen molar-refractivity contribution < 1.29 is 23.9 Å². The number of aromatic nitrogens is 1. The van der Waals surface area contributed by atoms with Crippen molar-refractivity contribution in [2.24, 2.45) is 0 Å². The van der Waals surface area contributed by atoms with E-state index in [9.17, 15) is 14.4 Å². The maximum atomic E-state index is 12.9. The molecule has 1 heterocycles. The lowest BCUT2D eigenvalue weighted by Gasteiger charge is -2.25. The number of rotatable bonds is 8. The fraction of sp³-hybridized carbons (Fsp3) is 0.346. The van der Waals surface area contributed by atoms with Gasteiger partial charge in [0.15, 0.2) is 0 Å². The summed E-state index contributed by atoms with van der Waals surface area (Å²) in [4.78, 5) is 41.0. The quantitative estimate of drug-likeness (QED) is 0.438. The number of nitrogens with one attached hydrogen (secondary N) is 3. The van der Waals surface area contributed by atoms with E-state index in [1.54, 1.807) is 20.8 Å². The molecule has 2 amide bonds. The van der Waals surface area contributed by atoms with Crippen molar-refractivity contribution in [3.63, 3.8) is 0 Å². The number of urea groups is 1. The van der Waals surface area contributed by atoms with Crippen LogP contribution in [0.1, 0.15) is 38.8 Å². The highest BCUT2D eigenvalue weighted by atomic mass is 16.6. The second-order valence-corrected chi connectivity index (χ2v) is 9.08. The Balaban J connectivity index is 1.64. The van der Waals surface area contributed by atoms with Crippen molar-refractivity contribution in [1.29, 1.82) is 0 Å². The number of aromatic amines is 1. The minimum atomic E-state index is -0.953. The zero-order valence-corrected chi connectivity index (χ0v) is 19.9. The van der Waals surface area contributed by atoms with Crippen molar-refractivity contribution in [2.45, 2.75) is 58.4 Å². The predicted molar refractivity (Wildman–Crippen MR) is 129 cm³/mol. The van der Waals surface area contributed by atoms with Gasteiger partial charge >= 0.3 is 18.0 Å². The van der Waals surface area contributed by atoms with Gasteiger partial charge in [-0.15, -0.1) is 0 Å². The number of ether oxygens (including phenoxy) is 2. The third kappa shape index (κ3) is 7.10. The molecule has 0 unspecified atom stereocenters. The van der Waals surface area contributed by atoms with Gasteiger partial charge in [-0.3, -0.25) is 0 Å². The van der Waals surface area contributed by atoms with Gasteiger partial charge in [-0.1, -0.05) is 48.5 Å². The van der Waals surface area contributed by atoms with Crippen LogP contribution in [0.2, 0.25) is 0 Å². The zero-order chi connectivity index (χ0) is 24.7. The molecule has 0 saturated heterocycles. The second kappa shape index (κ2) is 10.9. The number of amides is 2. The van der Waals surface area contributed by atoms with E-state index in [1.807, 2.05) is 60.8 Å². The van der Waals surface area contributed by atoms with Crippen LogP contribution < -0.4 is 10.6 Å². The Bertz CT molecular complexity index is 1130. The summed E-state index contributed by atoms with van der Waals surface area (Å²) in [5.41, 5.74) is 1.92. The van der Waals surface area contributed by atoms with Crippen molar-refractivity contribution in [2.75, 3.05) is 0 Å². The summed E-state index contributed by atoms with van der Waals surface area (Å²) in [6.45, 7) is 6.92. The Hall–Kier alpha value is -3.81. The molecule has 3 rings (SSSR count). The summed E-state index contributed by atoms with van der Waals surface area (Å²) in [5.74, 6) is -1.14. The average Bonchev–Trinajstić information content (AvgIpc) is 3.19. The molecule has 3 aromatic rings. The van der Waals surface area contributed by atoms with Crippen LogP contribution in [0.3, 0.4) is 0 Å². The maximum Gasteiger partial charge on any atom is 0.329 e. The van der Waals surface area contributed by atoms with Crippen LogP contribution >= 0.6 is 0 Å². The fourth-order valence-corrected chi connectivity index (χ4v) is 3.40. The molecule has 3 N–H and O–H groups in total. The Labute approximate surface area is 199 Å². The topological polar surface area (TPSA) is 110 Å². The number of esters is 2. The summed E-state index contributed by atoms with van der Waals surface area (Å²) in [5, 5.41) is 6.15. The third-order valence-corrected chi connectivity index (χ3v) is 5.02. The van der Waals surface area contributed by atoms with Gasteiger partial charge in [0.2, 0.25) is 0 Å². The van der Waals surface area contributed by atoms with E-state index in [0.29, 0.717) is 0 Å². The van der Waals surface area contributed by atoms with Gasteiger partial charge in [-0.25, -0.2) is 14.4 Å². The van der Waals surface area contributed by atoms with E-state index in [1.165, 1.54) is 6.92 Å². The van der Waals surface area contributed by atoms with Gasteiger partial charge in [0.25, 0.3) is 0 Å². The van der Waals surface area contributed by atoms with Gasteiger partial charge in [0.05, 0.1) is 0 Å². The number of carbonyl (C=O) groups excluding carboxylic acids is 3. The monoisotopic (exact) mass is 465 g/mol. The predicted octanol–water partition coefficient (Wildman–Crippen LogP) is 3.85. The minimum absolute atomic E-state index is 0.106. The number of fused-ring (bicyclic) bond motifs is 1. The number of H-pyrrole nitrogens is 1. The highest BCUT2D eigenvalue weighted by Gasteiger charge is 2.29. The molecule has 2 aromatic carbocycles. The highest BCUT2D eigenvalue weighted by Crippen LogP contribution is 2.20. The van der Waals surface area contributed by atoms with E-state index in [2.05, 4.69) is 15.6 Å². The molecule has 0 bridgehead atoms. The van der Waals surface area contributed by atoms with E-state index in [4.69, 9.17) is 9.47 Å². The molecule has 0 fully saturated rings. The maximum absolute atomic E-state index is 12.9. The highest BCUT2D eigenvalue weighted by molar-refractivity contribution is 5.88. The Kier molecular flexibility index (Phi) is 7.94. The molecule has 2 atom stereocenters. The number of para-hydroxylation sites is 1. The van der Waals surface area contributed by atoms with E-state index >= 15 is 0 Å². The summed E-state index contributed by atoms with van der Waals surface area (Å²) in [6, 6.07) is 14.4. The van der Waals surface area contributed by atoms with Crippen molar-refractivity contribution in [3.05, 3.63) is 71.9 Å². The summed E-state index contributed by atoms with van der Waals surface area (Å²) < 4.78 is 10.8. The second-order valence-electron chi connectivity index (χ2n) is 9.08. The minimum Gasteiger partial charge on any atom is -0.459 e. The van der Waals surface area contributed by atoms with Gasteiger partial charge in [-0.05, 0) is 44.9 Å².